The lowest BCUT2D eigenvalue weighted by Crippen LogP contribution is -1.76. The van der Waals surface area contributed by atoms with Crippen LogP contribution in [0.4, 0.5) is 0 Å². The first kappa shape index (κ1) is 18.9. The molecule has 0 unspecified atom stereocenters. The lowest BCUT2D eigenvalue weighted by molar-refractivity contribution is 1.02. The topological polar surface area (TPSA) is 0 Å². The Balaban J connectivity index is -0.000000146. The van der Waals surface area contributed by atoms with E-state index in [1.807, 2.05) is 13.8 Å². The van der Waals surface area contributed by atoms with Crippen LogP contribution >= 0.6 is 24.0 Å². The Kier molecular flexibility index (Phi) is 26.3. The largest absolute Gasteiger partial charge is 0.107 e. The van der Waals surface area contributed by atoms with Gasteiger partial charge >= 0.3 is 0 Å². The Morgan fingerprint density at radius 2 is 1.62 bits per heavy atom. The molecule has 0 N–H and O–H groups in total. The molecule has 0 saturated carbocycles. The lowest BCUT2D eigenvalue weighted by Gasteiger charge is -1.96. The zero-order valence-electron chi connectivity index (χ0n) is 9.76. The van der Waals surface area contributed by atoms with Crippen molar-refractivity contribution in [3.63, 3.8) is 0 Å². The number of hydrogen-bond donors (Lipinski definition) is 0. The third-order valence-corrected chi connectivity index (χ3v) is 1.18. The first-order chi connectivity index (χ1) is 5.81. The predicted molar refractivity (Wildman–Crippen MR) is 74.9 cm³/mol. The molecule has 0 saturated heterocycles. The highest BCUT2D eigenvalue weighted by Crippen LogP contribution is 2.06. The van der Waals surface area contributed by atoms with Crippen molar-refractivity contribution >= 4 is 24.0 Å². The minimum Gasteiger partial charge on any atom is -0.107 e. The van der Waals surface area contributed by atoms with Gasteiger partial charge in [-0.25, -0.2) is 0 Å². The molecular weight excluding hydrogens is 271 g/mol. The van der Waals surface area contributed by atoms with Crippen molar-refractivity contribution < 1.29 is 0 Å². The van der Waals surface area contributed by atoms with Gasteiger partial charge in [0, 0.05) is 0 Å². The molecule has 0 aromatic rings. The van der Waals surface area contributed by atoms with Crippen molar-refractivity contribution in [3.05, 3.63) is 23.8 Å². The quantitative estimate of drug-likeness (QED) is 0.529. The second-order valence-corrected chi connectivity index (χ2v) is 2.63. The van der Waals surface area contributed by atoms with E-state index in [-0.39, 0.29) is 24.0 Å². The highest BCUT2D eigenvalue weighted by atomic mass is 127. The Bertz CT molecular complexity index is 123. The van der Waals surface area contributed by atoms with Gasteiger partial charge in [0.1, 0.15) is 0 Å². The van der Waals surface area contributed by atoms with Gasteiger partial charge in [-0.05, 0) is 19.8 Å². The van der Waals surface area contributed by atoms with Crippen LogP contribution in [0.25, 0.3) is 0 Å². The second-order valence-electron chi connectivity index (χ2n) is 2.63. The van der Waals surface area contributed by atoms with E-state index >= 15 is 0 Å². The van der Waals surface area contributed by atoms with Gasteiger partial charge in [0.05, 0.1) is 0 Å². The fourth-order valence-corrected chi connectivity index (χ4v) is 0.744. The van der Waals surface area contributed by atoms with Crippen molar-refractivity contribution in [2.75, 3.05) is 0 Å². The van der Waals surface area contributed by atoms with Crippen LogP contribution in [0.3, 0.4) is 0 Å². The van der Waals surface area contributed by atoms with E-state index < -0.39 is 0 Å². The molecule has 0 radical (unpaired) electrons. The molecule has 0 aromatic heterocycles. The molecule has 1 aliphatic carbocycles. The van der Waals surface area contributed by atoms with E-state index in [4.69, 9.17) is 0 Å². The Morgan fingerprint density at radius 3 is 1.77 bits per heavy atom. The van der Waals surface area contributed by atoms with E-state index in [0.29, 0.717) is 0 Å². The van der Waals surface area contributed by atoms with Crippen LogP contribution in [-0.4, -0.2) is 0 Å². The van der Waals surface area contributed by atoms with Crippen LogP contribution in [0.15, 0.2) is 23.8 Å². The summed E-state index contributed by atoms with van der Waals surface area (Å²) in [6.07, 6.45) is 10.4. The van der Waals surface area contributed by atoms with Crippen LogP contribution in [0.2, 0.25) is 0 Å². The van der Waals surface area contributed by atoms with Gasteiger partial charge < -0.3 is 0 Å². The number of rotatable bonds is 0. The average Bonchev–Trinajstić information content (AvgIpc) is 2.11. The van der Waals surface area contributed by atoms with Crippen molar-refractivity contribution in [2.24, 2.45) is 0 Å². The van der Waals surface area contributed by atoms with Gasteiger partial charge in [-0.15, -0.1) is 24.0 Å². The molecular formula is C12H25I. The van der Waals surface area contributed by atoms with Crippen molar-refractivity contribution in [1.29, 1.82) is 0 Å². The van der Waals surface area contributed by atoms with Gasteiger partial charge in [-0.2, -0.15) is 0 Å². The van der Waals surface area contributed by atoms with Gasteiger partial charge in [0.25, 0.3) is 0 Å². The highest BCUT2D eigenvalue weighted by Gasteiger charge is 1.86. The summed E-state index contributed by atoms with van der Waals surface area (Å²) in [5, 5.41) is 0. The fourth-order valence-electron chi connectivity index (χ4n) is 0.744. The average molecular weight is 296 g/mol. The van der Waals surface area contributed by atoms with Crippen LogP contribution < -0.4 is 0 Å². The SMILES string of the molecule is CC.CC1=CCCC=C1.CCC.I. The van der Waals surface area contributed by atoms with Gasteiger partial charge in [-0.1, -0.05) is 57.9 Å². The van der Waals surface area contributed by atoms with E-state index in [1.54, 1.807) is 0 Å². The molecule has 13 heavy (non-hydrogen) atoms. The van der Waals surface area contributed by atoms with Crippen LogP contribution in [-0.2, 0) is 0 Å². The molecule has 0 heterocycles. The summed E-state index contributed by atoms with van der Waals surface area (Å²) in [6, 6.07) is 0. The van der Waals surface area contributed by atoms with Crippen LogP contribution in [0.1, 0.15) is 53.9 Å². The molecule has 1 aliphatic rings. The molecule has 0 aliphatic heterocycles. The summed E-state index contributed by atoms with van der Waals surface area (Å²) >= 11 is 0. The Morgan fingerprint density at radius 1 is 1.15 bits per heavy atom. The first-order valence-corrected chi connectivity index (χ1v) is 5.14. The van der Waals surface area contributed by atoms with Crippen molar-refractivity contribution in [1.82, 2.24) is 0 Å². The van der Waals surface area contributed by atoms with E-state index in [0.717, 1.165) is 0 Å². The lowest BCUT2D eigenvalue weighted by atomic mass is 10.1. The fraction of sp³-hybridized carbons (Fsp3) is 0.667. The molecule has 0 atom stereocenters. The van der Waals surface area contributed by atoms with E-state index in [2.05, 4.69) is 39.0 Å². The summed E-state index contributed by atoms with van der Waals surface area (Å²) in [6.45, 7) is 10.4. The molecule has 0 bridgehead atoms. The van der Waals surface area contributed by atoms with Crippen molar-refractivity contribution in [3.8, 4) is 0 Å². The Hall–Kier alpha value is 0.210. The summed E-state index contributed by atoms with van der Waals surface area (Å²) in [5.74, 6) is 0. The first-order valence-electron chi connectivity index (χ1n) is 5.14. The van der Waals surface area contributed by atoms with E-state index in [1.165, 1.54) is 24.8 Å². The minimum atomic E-state index is 0. The summed E-state index contributed by atoms with van der Waals surface area (Å²) in [5.41, 5.74) is 1.41. The second kappa shape index (κ2) is 18.1. The molecule has 0 nitrogen and oxygen atoms in total. The van der Waals surface area contributed by atoms with Gasteiger partial charge in [-0.3, -0.25) is 0 Å². The molecule has 0 amide bonds. The molecule has 1 heteroatoms. The highest BCUT2D eigenvalue weighted by molar-refractivity contribution is 14.0. The zero-order valence-corrected chi connectivity index (χ0v) is 12.1. The third-order valence-electron chi connectivity index (χ3n) is 1.18. The molecule has 0 aromatic carbocycles. The normalized spacial score (nSPS) is 12.2. The minimum absolute atomic E-state index is 0. The van der Waals surface area contributed by atoms with E-state index in [9.17, 15) is 0 Å². The smallest absolute Gasteiger partial charge is 0.0310 e. The zero-order chi connectivity index (χ0) is 9.82. The van der Waals surface area contributed by atoms with Crippen molar-refractivity contribution in [2.45, 2.75) is 53.9 Å². The summed E-state index contributed by atoms with van der Waals surface area (Å²) in [4.78, 5) is 0. The molecule has 80 valence electrons. The maximum atomic E-state index is 2.26. The third kappa shape index (κ3) is 18.9. The maximum Gasteiger partial charge on any atom is -0.0310 e. The summed E-state index contributed by atoms with van der Waals surface area (Å²) < 4.78 is 0. The molecule has 0 spiro atoms. The number of allylic oxidation sites excluding steroid dienone is 4. The van der Waals surface area contributed by atoms with Crippen LogP contribution in [0.5, 0.6) is 0 Å². The van der Waals surface area contributed by atoms with Crippen LogP contribution in [0, 0.1) is 0 Å². The Labute approximate surface area is 102 Å². The summed E-state index contributed by atoms with van der Waals surface area (Å²) in [7, 11) is 0. The number of hydrogen-bond acceptors (Lipinski definition) is 0. The van der Waals surface area contributed by atoms with Gasteiger partial charge in [0.15, 0.2) is 0 Å². The molecule has 0 fully saturated rings. The standard InChI is InChI=1S/C7H10.C3H8.C2H6.HI/c1-7-5-3-2-4-6-7;1-3-2;1-2;/h3,5-6H,2,4H2,1H3;3H2,1-2H3;1-2H3;1H. The number of halogens is 1. The monoisotopic (exact) mass is 296 g/mol. The maximum absolute atomic E-state index is 2.26. The predicted octanol–water partition coefficient (Wildman–Crippen LogP) is 5.34. The van der Waals surface area contributed by atoms with Gasteiger partial charge in [0.2, 0.25) is 0 Å². The molecule has 1 rings (SSSR count).